The third-order valence-corrected chi connectivity index (χ3v) is 12.5. The van der Waals surface area contributed by atoms with Crippen molar-refractivity contribution < 1.29 is 71.3 Å². The molecule has 78 heavy (non-hydrogen) atoms. The molecule has 5 aliphatic rings. The van der Waals surface area contributed by atoms with E-state index in [0.717, 1.165) is 69.9 Å². The number of nitrogens with zero attached hydrogens (tertiary/aromatic N) is 5. The largest absolute Gasteiger partial charge is 0.484 e. The van der Waals surface area contributed by atoms with Crippen LogP contribution >= 0.6 is 0 Å². The van der Waals surface area contributed by atoms with Gasteiger partial charge in [0.1, 0.15) is 22.5 Å². The van der Waals surface area contributed by atoms with Gasteiger partial charge in [-0.15, -0.1) is 0 Å². The Morgan fingerprint density at radius 2 is 1.04 bits per heavy atom. The lowest BCUT2D eigenvalue weighted by atomic mass is 10.0. The molecule has 25 nitrogen and oxygen atoms in total. The van der Waals surface area contributed by atoms with Gasteiger partial charge in [0.15, 0.2) is 23.4 Å². The van der Waals surface area contributed by atoms with E-state index in [1.54, 1.807) is 12.1 Å². The first-order valence-electron chi connectivity index (χ1n) is 25.2. The van der Waals surface area contributed by atoms with Gasteiger partial charge in [-0.1, -0.05) is 0 Å². The molecule has 0 bridgehead atoms. The first kappa shape index (κ1) is 57.0. The van der Waals surface area contributed by atoms with E-state index in [1.807, 2.05) is 32.0 Å². The molecule has 4 aliphatic heterocycles. The summed E-state index contributed by atoms with van der Waals surface area (Å²) in [6.07, 6.45) is 6.20. The van der Waals surface area contributed by atoms with E-state index < -0.39 is 71.2 Å². The van der Waals surface area contributed by atoms with Gasteiger partial charge in [0.25, 0.3) is 41.4 Å². The number of benzene rings is 3. The zero-order valence-electron chi connectivity index (χ0n) is 43.0. The maximum Gasteiger partial charge on any atom is 0.258 e. The van der Waals surface area contributed by atoms with Gasteiger partial charge in [-0.2, -0.15) is 0 Å². The van der Waals surface area contributed by atoms with Gasteiger partial charge in [0.05, 0.1) is 39.6 Å². The molecule has 4 heterocycles. The van der Waals surface area contributed by atoms with Crippen LogP contribution in [0.3, 0.4) is 0 Å². The molecule has 2 aromatic carbocycles. The SMILES string of the molecule is CCN(CC)c1ccc2nc3c4cc(OCC(=O)NC(COCCC(=O)NCCN5C(=O)C=CC5=O)(COCCC(=O)NCCN5C(=O)C=CC5=O)COCCC(=O)NCCN5C(=O)C=CC5=O)ccc4c(=O)cc-3oc2c1. The molecule has 0 aromatic heterocycles. The first-order valence-corrected chi connectivity index (χ1v) is 25.2. The van der Waals surface area contributed by atoms with Crippen molar-refractivity contribution in [3.8, 4) is 17.2 Å². The maximum absolute atomic E-state index is 14.0. The Kier molecular flexibility index (Phi) is 19.7. The second-order valence-corrected chi connectivity index (χ2v) is 18.0. The fraction of sp³-hybridized carbons (Fsp3) is 0.396. The summed E-state index contributed by atoms with van der Waals surface area (Å²) < 4.78 is 30.1. The van der Waals surface area contributed by atoms with Crippen LogP contribution in [0.5, 0.6) is 5.75 Å². The lowest BCUT2D eigenvalue weighted by molar-refractivity contribution is -0.138. The van der Waals surface area contributed by atoms with E-state index >= 15 is 0 Å². The Morgan fingerprint density at radius 3 is 1.49 bits per heavy atom. The van der Waals surface area contributed by atoms with Crippen molar-refractivity contribution in [1.29, 1.82) is 0 Å². The van der Waals surface area contributed by atoms with E-state index in [4.69, 9.17) is 28.3 Å². The highest BCUT2D eigenvalue weighted by Crippen LogP contribution is 2.33. The summed E-state index contributed by atoms with van der Waals surface area (Å²) in [6.45, 7) is 3.10. The van der Waals surface area contributed by atoms with E-state index in [9.17, 15) is 52.7 Å². The molecule has 0 fully saturated rings. The fourth-order valence-corrected chi connectivity index (χ4v) is 8.47. The lowest BCUT2D eigenvalue weighted by Crippen LogP contribution is -2.59. The summed E-state index contributed by atoms with van der Waals surface area (Å²) in [4.78, 5) is 147. The highest BCUT2D eigenvalue weighted by molar-refractivity contribution is 6.14. The Balaban J connectivity index is 1.04. The van der Waals surface area contributed by atoms with Crippen molar-refractivity contribution in [1.82, 2.24) is 41.0 Å². The molecule has 7 rings (SSSR count). The van der Waals surface area contributed by atoms with Gasteiger partial charge in [-0.05, 0) is 44.2 Å². The van der Waals surface area contributed by atoms with Crippen molar-refractivity contribution >= 4 is 86.6 Å². The summed E-state index contributed by atoms with van der Waals surface area (Å²) in [5, 5.41) is 11.5. The van der Waals surface area contributed by atoms with Crippen molar-refractivity contribution in [2.75, 3.05) is 104 Å². The number of anilines is 1. The van der Waals surface area contributed by atoms with Gasteiger partial charge in [0, 0.05) is 137 Å². The molecule has 412 valence electrons. The molecular weight excluding hydrogens is 1020 g/mol. The predicted octanol–water partition coefficient (Wildman–Crippen LogP) is -0.130. The Hall–Kier alpha value is -8.68. The van der Waals surface area contributed by atoms with Gasteiger partial charge < -0.3 is 49.5 Å². The summed E-state index contributed by atoms with van der Waals surface area (Å²) in [6, 6.07) is 11.7. The molecular formula is C53H59N9O16. The third kappa shape index (κ3) is 15.0. The minimum absolute atomic E-state index is 0.0234. The number of hydrogen-bond acceptors (Lipinski definition) is 18. The van der Waals surface area contributed by atoms with Crippen LogP contribution in [0, 0.1) is 0 Å². The molecule has 1 aliphatic carbocycles. The molecule has 25 heteroatoms. The number of carbonyl (C=O) groups is 10. The predicted molar refractivity (Wildman–Crippen MR) is 277 cm³/mol. The first-order chi connectivity index (χ1) is 37.6. The van der Waals surface area contributed by atoms with Gasteiger partial charge in [-0.25, -0.2) is 4.98 Å². The number of nitrogens with one attached hydrogen (secondary N) is 4. The molecule has 0 radical (unpaired) electrons. The average Bonchev–Trinajstić information content (AvgIpc) is 4.11. The molecule has 0 saturated heterocycles. The fourth-order valence-electron chi connectivity index (χ4n) is 8.47. The quantitative estimate of drug-likeness (QED) is 0.0221. The van der Waals surface area contributed by atoms with Crippen molar-refractivity contribution in [2.45, 2.75) is 38.6 Å². The topological polar surface area (TPSA) is 312 Å². The standard InChI is InChI=1S/C53H59N9O16/c1-3-59(4-2)34-5-8-38-40(27-34)78-41-29-39(63)36-7-6-35(28-37(36)52(41)57-38)77-30-45(67)58-53(31-74-24-15-42(64)54-18-21-60-46(68)9-10-47(60)69,32-75-25-16-43(65)55-19-22-61-48(70)11-12-49(61)71)33-76-26-17-44(66)56-20-23-62-50(72)13-14-51(62)73/h5-14,27-29H,3-4,15-26,30-33H2,1-2H3,(H,54,64)(H,55,65)(H,56,66)(H,58,67). The Bertz CT molecular complexity index is 2870. The minimum Gasteiger partial charge on any atom is -0.484 e. The van der Waals surface area contributed by atoms with Gasteiger partial charge in [-0.3, -0.25) is 67.4 Å². The van der Waals surface area contributed by atoms with Crippen LogP contribution in [0.1, 0.15) is 33.1 Å². The molecule has 0 saturated carbocycles. The number of rotatable bonds is 31. The van der Waals surface area contributed by atoms with Crippen LogP contribution < -0.4 is 36.3 Å². The number of amides is 10. The van der Waals surface area contributed by atoms with Crippen LogP contribution in [-0.2, 0) is 62.2 Å². The van der Waals surface area contributed by atoms with Crippen molar-refractivity contribution in [2.24, 2.45) is 0 Å². The van der Waals surface area contributed by atoms with Gasteiger partial charge >= 0.3 is 0 Å². The van der Waals surface area contributed by atoms with Crippen LogP contribution in [0.25, 0.3) is 33.3 Å². The molecule has 2 aromatic rings. The zero-order chi connectivity index (χ0) is 55.8. The Morgan fingerprint density at radius 1 is 0.577 bits per heavy atom. The minimum atomic E-state index is -1.59. The van der Waals surface area contributed by atoms with E-state index in [-0.39, 0.29) is 115 Å². The summed E-state index contributed by atoms with van der Waals surface area (Å²) in [5.74, 6) is -4.72. The van der Waals surface area contributed by atoms with Crippen LogP contribution in [0.2, 0.25) is 0 Å². The number of imide groups is 3. The summed E-state index contributed by atoms with van der Waals surface area (Å²) in [7, 11) is 0. The van der Waals surface area contributed by atoms with Crippen LogP contribution in [-0.4, -0.2) is 183 Å². The van der Waals surface area contributed by atoms with Crippen LogP contribution in [0.15, 0.2) is 88.1 Å². The smallest absolute Gasteiger partial charge is 0.258 e. The monoisotopic (exact) mass is 1080 g/mol. The normalized spacial score (nSPS) is 14.3. The molecule has 0 spiro atoms. The maximum atomic E-state index is 14.0. The number of ether oxygens (including phenoxy) is 4. The average molecular weight is 1080 g/mol. The highest BCUT2D eigenvalue weighted by Gasteiger charge is 2.35. The molecule has 0 unspecified atom stereocenters. The molecule has 0 atom stereocenters. The molecule has 4 N–H and O–H groups in total. The summed E-state index contributed by atoms with van der Waals surface area (Å²) >= 11 is 0. The third-order valence-electron chi connectivity index (χ3n) is 12.5. The molecule has 10 amide bonds. The summed E-state index contributed by atoms with van der Waals surface area (Å²) in [5.41, 5.74) is 0.451. The highest BCUT2D eigenvalue weighted by atomic mass is 16.5. The number of fused-ring (bicyclic) bond motifs is 4. The van der Waals surface area contributed by atoms with Crippen molar-refractivity contribution in [3.05, 3.63) is 89.1 Å². The van der Waals surface area contributed by atoms with Crippen molar-refractivity contribution in [3.63, 3.8) is 0 Å². The Labute approximate surface area is 446 Å². The second kappa shape index (κ2) is 26.9. The van der Waals surface area contributed by atoms with Crippen LogP contribution in [0.4, 0.5) is 5.69 Å². The number of carbonyl (C=O) groups excluding carboxylic acids is 10. The number of aromatic nitrogens is 1. The van der Waals surface area contributed by atoms with Gasteiger partial charge in [0.2, 0.25) is 17.7 Å². The second-order valence-electron chi connectivity index (χ2n) is 18.0. The van der Waals surface area contributed by atoms with E-state index in [1.165, 1.54) is 12.1 Å². The number of hydrogen-bond donors (Lipinski definition) is 4. The zero-order valence-corrected chi connectivity index (χ0v) is 43.0. The lowest BCUT2D eigenvalue weighted by Gasteiger charge is -2.34. The van der Waals surface area contributed by atoms with E-state index in [2.05, 4.69) is 26.2 Å². The van der Waals surface area contributed by atoms with E-state index in [0.29, 0.717) is 27.6 Å².